The zero-order valence-corrected chi connectivity index (χ0v) is 11.9. The first kappa shape index (κ1) is 14.5. The fourth-order valence-corrected chi connectivity index (χ4v) is 2.17. The predicted molar refractivity (Wildman–Crippen MR) is 76.5 cm³/mol. The zero-order valence-electron chi connectivity index (χ0n) is 11.9. The first-order chi connectivity index (χ1) is 9.58. The Morgan fingerprint density at radius 1 is 1.25 bits per heavy atom. The molecule has 1 aromatic carbocycles. The zero-order chi connectivity index (χ0) is 14.5. The molecule has 0 aliphatic rings. The third-order valence-electron chi connectivity index (χ3n) is 3.17. The summed E-state index contributed by atoms with van der Waals surface area (Å²) in [6.45, 7) is 4.81. The van der Waals surface area contributed by atoms with E-state index in [1.807, 2.05) is 12.1 Å². The first-order valence-corrected chi connectivity index (χ1v) is 6.89. The molecule has 0 fully saturated rings. The molecule has 1 heterocycles. The number of phenolic OH excluding ortho intramolecular Hbond substituents is 1. The molecule has 108 valence electrons. The van der Waals surface area contributed by atoms with Crippen LogP contribution in [-0.2, 0) is 6.42 Å². The van der Waals surface area contributed by atoms with Crippen molar-refractivity contribution in [1.82, 2.24) is 10.1 Å². The second kappa shape index (κ2) is 6.52. The summed E-state index contributed by atoms with van der Waals surface area (Å²) in [6, 6.07) is 7.00. The monoisotopic (exact) mass is 275 g/mol. The summed E-state index contributed by atoms with van der Waals surface area (Å²) in [5.41, 5.74) is 6.81. The fourth-order valence-electron chi connectivity index (χ4n) is 2.17. The lowest BCUT2D eigenvalue weighted by Gasteiger charge is -2.11. The summed E-state index contributed by atoms with van der Waals surface area (Å²) in [7, 11) is 0. The minimum atomic E-state index is 0.121. The molecule has 1 atom stereocenters. The van der Waals surface area contributed by atoms with Crippen molar-refractivity contribution in [3.05, 3.63) is 41.5 Å². The lowest BCUT2D eigenvalue weighted by molar-refractivity contribution is 0.332. The summed E-state index contributed by atoms with van der Waals surface area (Å²) >= 11 is 0. The molecule has 2 rings (SSSR count). The molecule has 0 radical (unpaired) electrons. The van der Waals surface area contributed by atoms with Crippen LogP contribution in [0.1, 0.15) is 43.5 Å². The average molecular weight is 275 g/mol. The molecule has 5 heteroatoms. The lowest BCUT2D eigenvalue weighted by Crippen LogP contribution is -2.15. The van der Waals surface area contributed by atoms with E-state index in [0.29, 0.717) is 30.6 Å². The van der Waals surface area contributed by atoms with Gasteiger partial charge < -0.3 is 15.4 Å². The first-order valence-electron chi connectivity index (χ1n) is 6.89. The molecule has 0 spiro atoms. The molecule has 1 unspecified atom stereocenters. The van der Waals surface area contributed by atoms with E-state index in [9.17, 15) is 5.11 Å². The molecule has 3 N–H and O–H groups in total. The van der Waals surface area contributed by atoms with Gasteiger partial charge in [-0.3, -0.25) is 0 Å². The van der Waals surface area contributed by atoms with Crippen molar-refractivity contribution in [3.8, 4) is 5.75 Å². The van der Waals surface area contributed by atoms with E-state index in [4.69, 9.17) is 10.3 Å². The van der Waals surface area contributed by atoms with Crippen LogP contribution < -0.4 is 5.73 Å². The molecule has 0 bridgehead atoms. The number of rotatable bonds is 6. The van der Waals surface area contributed by atoms with Crippen molar-refractivity contribution in [2.75, 3.05) is 6.54 Å². The van der Waals surface area contributed by atoms with Crippen LogP contribution in [0.4, 0.5) is 0 Å². The lowest BCUT2D eigenvalue weighted by atomic mass is 9.97. The maximum atomic E-state index is 9.25. The topological polar surface area (TPSA) is 85.2 Å². The van der Waals surface area contributed by atoms with Gasteiger partial charge in [0.25, 0.3) is 0 Å². The quantitative estimate of drug-likeness (QED) is 0.845. The molecule has 0 aliphatic heterocycles. The molecule has 0 aliphatic carbocycles. The van der Waals surface area contributed by atoms with Crippen LogP contribution in [0.5, 0.6) is 5.75 Å². The van der Waals surface area contributed by atoms with Crippen LogP contribution in [0.2, 0.25) is 0 Å². The van der Waals surface area contributed by atoms with Gasteiger partial charge in [-0.05, 0) is 30.0 Å². The smallest absolute Gasteiger partial charge is 0.231 e. The third-order valence-corrected chi connectivity index (χ3v) is 3.17. The van der Waals surface area contributed by atoms with Crippen molar-refractivity contribution in [2.45, 2.75) is 32.6 Å². The highest BCUT2D eigenvalue weighted by Gasteiger charge is 2.18. The van der Waals surface area contributed by atoms with Gasteiger partial charge in [-0.2, -0.15) is 4.98 Å². The number of hydrogen-bond donors (Lipinski definition) is 2. The highest BCUT2D eigenvalue weighted by atomic mass is 16.5. The van der Waals surface area contributed by atoms with E-state index in [-0.39, 0.29) is 11.7 Å². The van der Waals surface area contributed by atoms with Gasteiger partial charge in [0.15, 0.2) is 5.82 Å². The Balaban J connectivity index is 2.06. The van der Waals surface area contributed by atoms with Crippen molar-refractivity contribution in [3.63, 3.8) is 0 Å². The van der Waals surface area contributed by atoms with E-state index in [2.05, 4.69) is 24.0 Å². The number of benzene rings is 1. The normalized spacial score (nSPS) is 12.8. The molecule has 0 amide bonds. The SMILES string of the molecule is CC(C)CC(CN)c1nc(Cc2ccc(O)cc2)no1. The van der Waals surface area contributed by atoms with Crippen molar-refractivity contribution >= 4 is 0 Å². The number of aromatic hydroxyl groups is 1. The number of nitrogens with zero attached hydrogens (tertiary/aromatic N) is 2. The summed E-state index contributed by atoms with van der Waals surface area (Å²) in [5.74, 6) is 2.18. The van der Waals surface area contributed by atoms with Crippen LogP contribution in [-0.4, -0.2) is 21.8 Å². The molecule has 2 aromatic rings. The van der Waals surface area contributed by atoms with E-state index in [1.54, 1.807) is 12.1 Å². The van der Waals surface area contributed by atoms with Gasteiger partial charge >= 0.3 is 0 Å². The van der Waals surface area contributed by atoms with Gasteiger partial charge in [-0.1, -0.05) is 31.1 Å². The van der Waals surface area contributed by atoms with E-state index in [1.165, 1.54) is 0 Å². The van der Waals surface area contributed by atoms with E-state index < -0.39 is 0 Å². The van der Waals surface area contributed by atoms with Crippen LogP contribution in [0.25, 0.3) is 0 Å². The molecule has 0 saturated carbocycles. The minimum Gasteiger partial charge on any atom is -0.508 e. The van der Waals surface area contributed by atoms with Crippen LogP contribution >= 0.6 is 0 Å². The number of nitrogens with two attached hydrogens (primary N) is 1. The minimum absolute atomic E-state index is 0.121. The van der Waals surface area contributed by atoms with E-state index >= 15 is 0 Å². The van der Waals surface area contributed by atoms with Gasteiger partial charge in [-0.25, -0.2) is 0 Å². The standard InChI is InChI=1S/C15H21N3O2/c1-10(2)7-12(9-16)15-17-14(18-20-15)8-11-3-5-13(19)6-4-11/h3-6,10,12,19H,7-9,16H2,1-2H3. The van der Waals surface area contributed by atoms with Gasteiger partial charge in [0.05, 0.1) is 5.92 Å². The summed E-state index contributed by atoms with van der Waals surface area (Å²) in [4.78, 5) is 4.43. The average Bonchev–Trinajstić information content (AvgIpc) is 2.87. The van der Waals surface area contributed by atoms with Crippen LogP contribution in [0.3, 0.4) is 0 Å². The Kier molecular flexibility index (Phi) is 4.74. The molecule has 1 aromatic heterocycles. The Labute approximate surface area is 118 Å². The maximum absolute atomic E-state index is 9.25. The van der Waals surface area contributed by atoms with Crippen molar-refractivity contribution < 1.29 is 9.63 Å². The third kappa shape index (κ3) is 3.81. The van der Waals surface area contributed by atoms with Gasteiger partial charge in [0.2, 0.25) is 5.89 Å². The van der Waals surface area contributed by atoms with Crippen LogP contribution in [0.15, 0.2) is 28.8 Å². The Bertz CT molecular complexity index is 534. The van der Waals surface area contributed by atoms with Crippen molar-refractivity contribution in [1.29, 1.82) is 0 Å². The van der Waals surface area contributed by atoms with Gasteiger partial charge in [0, 0.05) is 13.0 Å². The highest BCUT2D eigenvalue weighted by molar-refractivity contribution is 5.27. The number of phenols is 1. The molecular formula is C15H21N3O2. The Morgan fingerprint density at radius 2 is 1.95 bits per heavy atom. The predicted octanol–water partition coefficient (Wildman–Crippen LogP) is 2.45. The highest BCUT2D eigenvalue weighted by Crippen LogP contribution is 2.22. The van der Waals surface area contributed by atoms with Crippen LogP contribution in [0, 0.1) is 5.92 Å². The summed E-state index contributed by atoms with van der Waals surface area (Å²) in [5, 5.41) is 13.3. The van der Waals surface area contributed by atoms with E-state index in [0.717, 1.165) is 12.0 Å². The molecule has 20 heavy (non-hydrogen) atoms. The molecule has 0 saturated heterocycles. The molecule has 5 nitrogen and oxygen atoms in total. The Hall–Kier alpha value is -1.88. The second-order valence-electron chi connectivity index (χ2n) is 5.45. The van der Waals surface area contributed by atoms with Crippen molar-refractivity contribution in [2.24, 2.45) is 11.7 Å². The Morgan fingerprint density at radius 3 is 2.55 bits per heavy atom. The van der Waals surface area contributed by atoms with Gasteiger partial charge in [-0.15, -0.1) is 0 Å². The van der Waals surface area contributed by atoms with Gasteiger partial charge in [0.1, 0.15) is 5.75 Å². The summed E-state index contributed by atoms with van der Waals surface area (Å²) in [6.07, 6.45) is 1.53. The summed E-state index contributed by atoms with van der Waals surface area (Å²) < 4.78 is 5.32. The maximum Gasteiger partial charge on any atom is 0.231 e. The molecular weight excluding hydrogens is 254 g/mol. The number of aromatic nitrogens is 2. The number of hydrogen-bond acceptors (Lipinski definition) is 5. The second-order valence-corrected chi connectivity index (χ2v) is 5.45. The largest absolute Gasteiger partial charge is 0.508 e. The fraction of sp³-hybridized carbons (Fsp3) is 0.467.